The number of rotatable bonds is 8. The Balaban J connectivity index is 1.84. The van der Waals surface area contributed by atoms with Gasteiger partial charge in [0.05, 0.1) is 25.5 Å². The van der Waals surface area contributed by atoms with Crippen molar-refractivity contribution in [2.45, 2.75) is 38.6 Å². The molecule has 0 amide bonds. The van der Waals surface area contributed by atoms with Gasteiger partial charge in [0.1, 0.15) is 11.6 Å². The predicted molar refractivity (Wildman–Crippen MR) is 99.6 cm³/mol. The van der Waals surface area contributed by atoms with Crippen LogP contribution in [-0.4, -0.2) is 34.8 Å². The van der Waals surface area contributed by atoms with Gasteiger partial charge >= 0.3 is 0 Å². The van der Waals surface area contributed by atoms with Crippen LogP contribution < -0.4 is 15.4 Å². The summed E-state index contributed by atoms with van der Waals surface area (Å²) in [5.74, 6) is 2.89. The van der Waals surface area contributed by atoms with Gasteiger partial charge in [0.25, 0.3) is 0 Å². The van der Waals surface area contributed by atoms with E-state index >= 15 is 0 Å². The molecule has 25 heavy (non-hydrogen) atoms. The van der Waals surface area contributed by atoms with Crippen molar-refractivity contribution in [1.82, 2.24) is 9.97 Å². The molecule has 1 aromatic heterocycles. The van der Waals surface area contributed by atoms with Crippen LogP contribution in [0.2, 0.25) is 0 Å². The number of ether oxygens (including phenoxy) is 1. The normalized spacial score (nSPS) is 15.1. The van der Waals surface area contributed by atoms with Crippen molar-refractivity contribution in [2.75, 3.05) is 24.4 Å². The van der Waals surface area contributed by atoms with Crippen LogP contribution in [-0.2, 0) is 0 Å². The van der Waals surface area contributed by atoms with E-state index in [1.807, 2.05) is 30.3 Å². The Kier molecular flexibility index (Phi) is 5.38. The number of methoxy groups -OCH3 is 1. The lowest BCUT2D eigenvalue weighted by Gasteiger charge is -2.20. The van der Waals surface area contributed by atoms with E-state index < -0.39 is 0 Å². The first-order valence-corrected chi connectivity index (χ1v) is 8.76. The van der Waals surface area contributed by atoms with Gasteiger partial charge in [-0.05, 0) is 30.9 Å². The Bertz CT molecular complexity index is 716. The number of hydrogen-bond donors (Lipinski definition) is 3. The van der Waals surface area contributed by atoms with Crippen molar-refractivity contribution in [3.05, 3.63) is 36.0 Å². The molecule has 1 aliphatic carbocycles. The van der Waals surface area contributed by atoms with E-state index in [2.05, 4.69) is 34.4 Å². The summed E-state index contributed by atoms with van der Waals surface area (Å²) in [6.07, 6.45) is 2.34. The molecule has 6 nitrogen and oxygen atoms in total. The third kappa shape index (κ3) is 4.60. The van der Waals surface area contributed by atoms with Gasteiger partial charge in [-0.2, -0.15) is 4.98 Å². The highest BCUT2D eigenvalue weighted by Gasteiger charge is 2.26. The SMILES string of the molecule is COc1cccc(Nc2cc(C3CC3)nc(N[C@H](CO)C(C)C)n2)c1. The van der Waals surface area contributed by atoms with Gasteiger partial charge in [-0.1, -0.05) is 19.9 Å². The number of aromatic nitrogens is 2. The number of benzene rings is 1. The number of anilines is 3. The minimum atomic E-state index is -0.0703. The molecule has 3 rings (SSSR count). The molecule has 0 saturated heterocycles. The summed E-state index contributed by atoms with van der Waals surface area (Å²) in [6.45, 7) is 4.18. The first kappa shape index (κ1) is 17.5. The first-order chi connectivity index (χ1) is 12.1. The van der Waals surface area contributed by atoms with Gasteiger partial charge in [-0.25, -0.2) is 4.98 Å². The van der Waals surface area contributed by atoms with Crippen molar-refractivity contribution in [2.24, 2.45) is 5.92 Å². The number of aliphatic hydroxyl groups is 1. The third-order valence-electron chi connectivity index (χ3n) is 4.40. The quantitative estimate of drug-likeness (QED) is 0.681. The second-order valence-corrected chi connectivity index (χ2v) is 6.81. The molecule has 1 aliphatic rings. The Morgan fingerprint density at radius 2 is 2.04 bits per heavy atom. The minimum absolute atomic E-state index is 0.0489. The molecule has 0 aliphatic heterocycles. The average Bonchev–Trinajstić information content (AvgIpc) is 3.44. The predicted octanol–water partition coefficient (Wildman–Crippen LogP) is 3.54. The van der Waals surface area contributed by atoms with E-state index in [9.17, 15) is 5.11 Å². The van der Waals surface area contributed by atoms with E-state index in [-0.39, 0.29) is 18.6 Å². The largest absolute Gasteiger partial charge is 0.497 e. The van der Waals surface area contributed by atoms with Crippen LogP contribution in [0.15, 0.2) is 30.3 Å². The van der Waals surface area contributed by atoms with E-state index in [0.29, 0.717) is 11.9 Å². The number of nitrogens with one attached hydrogen (secondary N) is 2. The van der Waals surface area contributed by atoms with Crippen LogP contribution in [0.5, 0.6) is 5.75 Å². The molecule has 0 unspecified atom stereocenters. The molecule has 0 bridgehead atoms. The fourth-order valence-electron chi connectivity index (χ4n) is 2.62. The maximum absolute atomic E-state index is 9.56. The maximum atomic E-state index is 9.56. The molecule has 2 aromatic rings. The monoisotopic (exact) mass is 342 g/mol. The fourth-order valence-corrected chi connectivity index (χ4v) is 2.62. The zero-order chi connectivity index (χ0) is 17.8. The molecule has 134 valence electrons. The molecular weight excluding hydrogens is 316 g/mol. The van der Waals surface area contributed by atoms with Gasteiger partial charge in [0, 0.05) is 23.7 Å². The fraction of sp³-hybridized carbons (Fsp3) is 0.474. The summed E-state index contributed by atoms with van der Waals surface area (Å²) < 4.78 is 5.27. The van der Waals surface area contributed by atoms with Crippen molar-refractivity contribution in [3.8, 4) is 5.75 Å². The van der Waals surface area contributed by atoms with Crippen molar-refractivity contribution in [3.63, 3.8) is 0 Å². The summed E-state index contributed by atoms with van der Waals surface area (Å²) in [4.78, 5) is 9.22. The zero-order valence-electron chi connectivity index (χ0n) is 15.0. The van der Waals surface area contributed by atoms with Gasteiger partial charge in [0.2, 0.25) is 5.95 Å². The summed E-state index contributed by atoms with van der Waals surface area (Å²) in [7, 11) is 1.65. The highest BCUT2D eigenvalue weighted by molar-refractivity contribution is 5.59. The van der Waals surface area contributed by atoms with Crippen molar-refractivity contribution in [1.29, 1.82) is 0 Å². The summed E-state index contributed by atoms with van der Waals surface area (Å²) in [5, 5.41) is 16.2. The smallest absolute Gasteiger partial charge is 0.225 e. The Labute approximate surface area is 148 Å². The zero-order valence-corrected chi connectivity index (χ0v) is 15.0. The molecule has 0 radical (unpaired) electrons. The standard InChI is InChI=1S/C19H26N4O2/c1-12(2)17(11-24)22-19-21-16(13-7-8-13)10-18(23-19)20-14-5-4-6-15(9-14)25-3/h4-6,9-10,12-13,17,24H,7-8,11H2,1-3H3,(H2,20,21,22,23)/t17-/m1/s1. The van der Waals surface area contributed by atoms with Crippen LogP contribution >= 0.6 is 0 Å². The maximum Gasteiger partial charge on any atom is 0.225 e. The Morgan fingerprint density at radius 3 is 2.68 bits per heavy atom. The van der Waals surface area contributed by atoms with Crippen LogP contribution in [0.25, 0.3) is 0 Å². The van der Waals surface area contributed by atoms with E-state index in [0.717, 1.165) is 22.9 Å². The molecule has 1 aromatic carbocycles. The second-order valence-electron chi connectivity index (χ2n) is 6.81. The lowest BCUT2D eigenvalue weighted by atomic mass is 10.1. The van der Waals surface area contributed by atoms with Gasteiger partial charge < -0.3 is 20.5 Å². The molecule has 1 fully saturated rings. The van der Waals surface area contributed by atoms with Gasteiger partial charge in [-0.15, -0.1) is 0 Å². The van der Waals surface area contributed by atoms with Gasteiger partial charge in [-0.3, -0.25) is 0 Å². The highest BCUT2D eigenvalue weighted by Crippen LogP contribution is 2.40. The minimum Gasteiger partial charge on any atom is -0.497 e. The van der Waals surface area contributed by atoms with Crippen molar-refractivity contribution >= 4 is 17.5 Å². The topological polar surface area (TPSA) is 79.3 Å². The van der Waals surface area contributed by atoms with Crippen LogP contribution in [0.4, 0.5) is 17.5 Å². The van der Waals surface area contributed by atoms with Crippen LogP contribution in [0.3, 0.4) is 0 Å². The molecule has 0 spiro atoms. The molecule has 6 heteroatoms. The lowest BCUT2D eigenvalue weighted by Crippen LogP contribution is -2.30. The second kappa shape index (κ2) is 7.70. The Hall–Kier alpha value is -2.34. The number of hydrogen-bond acceptors (Lipinski definition) is 6. The highest BCUT2D eigenvalue weighted by atomic mass is 16.5. The molecule has 1 saturated carbocycles. The molecule has 1 atom stereocenters. The average molecular weight is 342 g/mol. The summed E-state index contributed by atoms with van der Waals surface area (Å²) in [6, 6.07) is 9.67. The lowest BCUT2D eigenvalue weighted by molar-refractivity contribution is 0.248. The Morgan fingerprint density at radius 1 is 1.24 bits per heavy atom. The van der Waals surface area contributed by atoms with Crippen molar-refractivity contribution < 1.29 is 9.84 Å². The van der Waals surface area contributed by atoms with E-state index in [1.54, 1.807) is 7.11 Å². The number of aliphatic hydroxyl groups excluding tert-OH is 1. The van der Waals surface area contributed by atoms with Crippen LogP contribution in [0, 0.1) is 5.92 Å². The third-order valence-corrected chi connectivity index (χ3v) is 4.40. The molecule has 3 N–H and O–H groups in total. The summed E-state index contributed by atoms with van der Waals surface area (Å²) in [5.41, 5.74) is 1.96. The summed E-state index contributed by atoms with van der Waals surface area (Å²) >= 11 is 0. The first-order valence-electron chi connectivity index (χ1n) is 8.76. The van der Waals surface area contributed by atoms with Crippen LogP contribution in [0.1, 0.15) is 38.3 Å². The van der Waals surface area contributed by atoms with E-state index in [1.165, 1.54) is 12.8 Å². The van der Waals surface area contributed by atoms with Gasteiger partial charge in [0.15, 0.2) is 0 Å². The number of nitrogens with zero attached hydrogens (tertiary/aromatic N) is 2. The molecule has 1 heterocycles. The van der Waals surface area contributed by atoms with E-state index in [4.69, 9.17) is 4.74 Å². The molecular formula is C19H26N4O2.